The number of aromatic nitrogens is 1. The van der Waals surface area contributed by atoms with E-state index < -0.39 is 11.7 Å². The van der Waals surface area contributed by atoms with E-state index in [4.69, 9.17) is 0 Å². The summed E-state index contributed by atoms with van der Waals surface area (Å²) in [5.41, 5.74) is -0.919. The maximum absolute atomic E-state index is 12.8. The van der Waals surface area contributed by atoms with Gasteiger partial charge < -0.3 is 15.5 Å². The van der Waals surface area contributed by atoms with Crippen molar-refractivity contribution in [1.82, 2.24) is 9.88 Å². The molecule has 0 atom stereocenters. The summed E-state index contributed by atoms with van der Waals surface area (Å²) < 4.78 is 38.4. The molecule has 1 rings (SSSR count). The van der Waals surface area contributed by atoms with Crippen LogP contribution < -0.4 is 10.6 Å². The molecule has 7 heteroatoms. The fourth-order valence-corrected chi connectivity index (χ4v) is 1.38. The fourth-order valence-electron chi connectivity index (χ4n) is 1.38. The van der Waals surface area contributed by atoms with Gasteiger partial charge in [-0.3, -0.25) is 0 Å². The van der Waals surface area contributed by atoms with Crippen molar-refractivity contribution < 1.29 is 13.2 Å². The first-order valence-corrected chi connectivity index (χ1v) is 6.24. The van der Waals surface area contributed by atoms with Crippen LogP contribution in [0.4, 0.5) is 24.8 Å². The Bertz CT molecular complexity index is 455. The van der Waals surface area contributed by atoms with Crippen molar-refractivity contribution >= 4 is 11.6 Å². The van der Waals surface area contributed by atoms with Gasteiger partial charge in [-0.2, -0.15) is 13.2 Å². The highest BCUT2D eigenvalue weighted by Gasteiger charge is 2.31. The number of nitrogens with zero attached hydrogens (tertiary/aromatic N) is 2. The number of alkyl halides is 3. The highest BCUT2D eigenvalue weighted by molar-refractivity contribution is 5.49. The number of hydrogen-bond donors (Lipinski definition) is 2. The van der Waals surface area contributed by atoms with Gasteiger partial charge in [0.15, 0.2) is 0 Å². The lowest BCUT2D eigenvalue weighted by molar-refractivity contribution is -0.137. The Morgan fingerprint density at radius 3 is 2.15 bits per heavy atom. The first-order valence-electron chi connectivity index (χ1n) is 6.24. The molecule has 0 saturated heterocycles. The summed E-state index contributed by atoms with van der Waals surface area (Å²) in [4.78, 5) is 6.08. The lowest BCUT2D eigenvalue weighted by Crippen LogP contribution is -2.44. The minimum atomic E-state index is -4.39. The van der Waals surface area contributed by atoms with Crippen LogP contribution in [0.5, 0.6) is 0 Å². The molecule has 0 saturated carbocycles. The SMILES string of the molecule is CNc1cc(C(F)(F)F)cc(NCC(C)(C)N(C)C)n1. The smallest absolute Gasteiger partial charge is 0.373 e. The van der Waals surface area contributed by atoms with Crippen LogP contribution in [0.25, 0.3) is 0 Å². The van der Waals surface area contributed by atoms with E-state index in [1.165, 1.54) is 7.05 Å². The predicted molar refractivity (Wildman–Crippen MR) is 75.0 cm³/mol. The normalized spacial score (nSPS) is 12.7. The molecule has 1 aromatic rings. The van der Waals surface area contributed by atoms with E-state index >= 15 is 0 Å². The van der Waals surface area contributed by atoms with Crippen LogP contribution in [0, 0.1) is 0 Å². The van der Waals surface area contributed by atoms with Gasteiger partial charge in [0.1, 0.15) is 11.6 Å². The second kappa shape index (κ2) is 5.87. The van der Waals surface area contributed by atoms with Gasteiger partial charge in [0.2, 0.25) is 0 Å². The molecular formula is C13H21F3N4. The number of rotatable bonds is 5. The molecular weight excluding hydrogens is 269 g/mol. The van der Waals surface area contributed by atoms with E-state index in [-0.39, 0.29) is 17.2 Å². The number of pyridine rings is 1. The van der Waals surface area contributed by atoms with Gasteiger partial charge in [0, 0.05) is 19.1 Å². The number of hydrogen-bond acceptors (Lipinski definition) is 4. The first kappa shape index (κ1) is 16.6. The zero-order valence-electron chi connectivity index (χ0n) is 12.4. The predicted octanol–water partition coefficient (Wildman–Crippen LogP) is 2.89. The van der Waals surface area contributed by atoms with Crippen LogP contribution >= 0.6 is 0 Å². The third kappa shape index (κ3) is 4.26. The monoisotopic (exact) mass is 290 g/mol. The van der Waals surface area contributed by atoms with Gasteiger partial charge in [-0.15, -0.1) is 0 Å². The van der Waals surface area contributed by atoms with Crippen molar-refractivity contribution in [3.05, 3.63) is 17.7 Å². The lowest BCUT2D eigenvalue weighted by atomic mass is 10.0. The van der Waals surface area contributed by atoms with Crippen molar-refractivity contribution in [3.8, 4) is 0 Å². The van der Waals surface area contributed by atoms with E-state index in [1.54, 1.807) is 0 Å². The van der Waals surface area contributed by atoms with Gasteiger partial charge in [-0.1, -0.05) is 0 Å². The second-order valence-corrected chi connectivity index (χ2v) is 5.43. The van der Waals surface area contributed by atoms with Gasteiger partial charge in [-0.05, 0) is 40.1 Å². The molecule has 0 spiro atoms. The lowest BCUT2D eigenvalue weighted by Gasteiger charge is -2.32. The molecule has 0 unspecified atom stereocenters. The summed E-state index contributed by atoms with van der Waals surface area (Å²) in [6.07, 6.45) is -4.39. The molecule has 2 N–H and O–H groups in total. The largest absolute Gasteiger partial charge is 0.416 e. The summed E-state index contributed by atoms with van der Waals surface area (Å²) in [6, 6.07) is 2.01. The minimum Gasteiger partial charge on any atom is -0.373 e. The average molecular weight is 290 g/mol. The van der Waals surface area contributed by atoms with Crippen molar-refractivity contribution in [2.45, 2.75) is 25.6 Å². The topological polar surface area (TPSA) is 40.2 Å². The molecule has 1 heterocycles. The third-order valence-corrected chi connectivity index (χ3v) is 3.32. The summed E-state index contributed by atoms with van der Waals surface area (Å²) in [5.74, 6) is 0.393. The first-order chi connectivity index (χ1) is 9.06. The number of anilines is 2. The highest BCUT2D eigenvalue weighted by Crippen LogP contribution is 2.32. The van der Waals surface area contributed by atoms with Crippen molar-refractivity contribution in [2.75, 3.05) is 38.3 Å². The fraction of sp³-hybridized carbons (Fsp3) is 0.615. The van der Waals surface area contributed by atoms with Crippen LogP contribution in [0.1, 0.15) is 19.4 Å². The van der Waals surface area contributed by atoms with Crippen LogP contribution in [0.3, 0.4) is 0 Å². The van der Waals surface area contributed by atoms with Crippen LogP contribution in [0.2, 0.25) is 0 Å². The maximum atomic E-state index is 12.8. The molecule has 0 aliphatic heterocycles. The molecule has 0 amide bonds. The number of halogens is 3. The van der Waals surface area contributed by atoms with Gasteiger partial charge in [0.25, 0.3) is 0 Å². The van der Waals surface area contributed by atoms with Crippen LogP contribution in [0.15, 0.2) is 12.1 Å². The van der Waals surface area contributed by atoms with Crippen molar-refractivity contribution in [1.29, 1.82) is 0 Å². The van der Waals surface area contributed by atoms with E-state index in [0.29, 0.717) is 6.54 Å². The number of likely N-dealkylation sites (N-methyl/N-ethyl adjacent to an activating group) is 1. The van der Waals surface area contributed by atoms with Gasteiger partial charge in [-0.25, -0.2) is 4.98 Å². The van der Waals surface area contributed by atoms with E-state index in [0.717, 1.165) is 12.1 Å². The Labute approximate surface area is 117 Å². The van der Waals surface area contributed by atoms with E-state index in [1.807, 2.05) is 32.8 Å². The molecule has 0 radical (unpaired) electrons. The highest BCUT2D eigenvalue weighted by atomic mass is 19.4. The Hall–Kier alpha value is -1.50. The number of nitrogens with one attached hydrogen (secondary N) is 2. The molecule has 0 aliphatic carbocycles. The molecule has 114 valence electrons. The summed E-state index contributed by atoms with van der Waals surface area (Å²) in [5, 5.41) is 5.60. The summed E-state index contributed by atoms with van der Waals surface area (Å²) >= 11 is 0. The average Bonchev–Trinajstić information content (AvgIpc) is 2.34. The summed E-state index contributed by atoms with van der Waals surface area (Å²) in [6.45, 7) is 4.47. The Kier molecular flexibility index (Phi) is 4.86. The molecule has 0 aromatic carbocycles. The molecule has 4 nitrogen and oxygen atoms in total. The zero-order valence-corrected chi connectivity index (χ0v) is 12.4. The van der Waals surface area contributed by atoms with Crippen LogP contribution in [-0.4, -0.2) is 43.1 Å². The molecule has 0 fully saturated rings. The standard InChI is InChI=1S/C13H21F3N4/c1-12(2,20(4)5)8-18-11-7-9(13(14,15)16)6-10(17-3)19-11/h6-7H,8H2,1-5H3,(H2,17,18,19). The van der Waals surface area contributed by atoms with Crippen molar-refractivity contribution in [2.24, 2.45) is 0 Å². The molecule has 20 heavy (non-hydrogen) atoms. The Morgan fingerprint density at radius 1 is 1.15 bits per heavy atom. The zero-order chi connectivity index (χ0) is 15.6. The second-order valence-electron chi connectivity index (χ2n) is 5.43. The van der Waals surface area contributed by atoms with Crippen molar-refractivity contribution in [3.63, 3.8) is 0 Å². The maximum Gasteiger partial charge on any atom is 0.416 e. The van der Waals surface area contributed by atoms with Gasteiger partial charge >= 0.3 is 6.18 Å². The quantitative estimate of drug-likeness (QED) is 0.875. The minimum absolute atomic E-state index is 0.185. The van der Waals surface area contributed by atoms with E-state index in [9.17, 15) is 13.2 Å². The molecule has 0 aliphatic rings. The van der Waals surface area contributed by atoms with Crippen LogP contribution in [-0.2, 0) is 6.18 Å². The Morgan fingerprint density at radius 2 is 1.70 bits per heavy atom. The molecule has 0 bridgehead atoms. The van der Waals surface area contributed by atoms with E-state index in [2.05, 4.69) is 15.6 Å². The third-order valence-electron chi connectivity index (χ3n) is 3.32. The van der Waals surface area contributed by atoms with Gasteiger partial charge in [0.05, 0.1) is 5.56 Å². The Balaban J connectivity index is 2.96. The summed E-state index contributed by atoms with van der Waals surface area (Å²) in [7, 11) is 5.37. The molecule has 1 aromatic heterocycles.